The second-order valence-corrected chi connectivity index (χ2v) is 46.9. The van der Waals surface area contributed by atoms with Crippen molar-refractivity contribution in [2.75, 3.05) is 0 Å². The number of aromatic nitrogens is 4. The molecule has 654 valence electrons. The third-order valence-electron chi connectivity index (χ3n) is 37.5. The zero-order chi connectivity index (χ0) is 92.9. The van der Waals surface area contributed by atoms with E-state index >= 15 is 0 Å². The standard InChI is InChI=1S/C36H28BN.3C31H26BN/c1-35(2)24-15-10-16-25-31(24)37-32-26(35)17-11-19-29(32)38-28-18-9-8-14-22(28)30-23(21-12-6-5-7-13-21)20-27(36(25,3)4)33(37)34(30)38;1-17-9-6-13-23-25(17)18-15-16-22-28-29(18)33(23)24-14-8-12-21-27(24)32(28)26-19(30(21,2)3)10-7-11-20(26)31(22,4)5;1-17-12-15-24-19(16-17)18-13-14-23-28-29(18)33(24)25-11-7-10-22-27(25)32(28)26-20(30(22,2)3)8-6-9-21(26)31(23,4)5;1-17-12-13-18-19-14-15-23-28-29(19)33(25(18)16-17)24-11-7-10-22-27(24)32(28)26-20(30(22,2)3)8-6-9-21(26)31(23,4)5/h5-20H,1-4H3;3*6-16H,1-5H3. The van der Waals surface area contributed by atoms with Gasteiger partial charge in [-0.15, -0.1) is 0 Å². The monoisotopic (exact) mass is 1750 g/mol. The third-order valence-corrected chi connectivity index (χ3v) is 37.5. The Bertz CT molecular complexity index is 9190. The second-order valence-electron chi connectivity index (χ2n) is 46.9. The maximum atomic E-state index is 2.61. The minimum atomic E-state index is -0.101. The van der Waals surface area contributed by atoms with Crippen LogP contribution in [0.2, 0.25) is 0 Å². The Morgan fingerprint density at radius 2 is 0.482 bits per heavy atom. The van der Waals surface area contributed by atoms with Gasteiger partial charge in [0.25, 0.3) is 0 Å². The maximum Gasteiger partial charge on any atom is 0.248 e. The molecule has 8 heteroatoms. The van der Waals surface area contributed by atoms with Gasteiger partial charge in [-0.1, -0.05) is 375 Å². The van der Waals surface area contributed by atoms with Crippen LogP contribution in [-0.2, 0) is 43.3 Å². The molecule has 0 spiro atoms. The van der Waals surface area contributed by atoms with Crippen molar-refractivity contribution in [3.8, 4) is 33.9 Å². The molecule has 0 radical (unpaired) electrons. The van der Waals surface area contributed by atoms with Crippen LogP contribution in [0.4, 0.5) is 0 Å². The molecule has 21 aromatic rings. The molecule has 33 rings (SSSR count). The fraction of sp³-hybridized carbons (Fsp3) is 0.209. The molecule has 12 aliphatic rings. The van der Waals surface area contributed by atoms with E-state index in [1.807, 2.05) is 0 Å². The van der Waals surface area contributed by atoms with Crippen molar-refractivity contribution in [1.29, 1.82) is 0 Å². The Morgan fingerprint density at radius 1 is 0.182 bits per heavy atom. The average molecular weight is 1760 g/mol. The van der Waals surface area contributed by atoms with E-state index in [1.165, 1.54) is 254 Å². The number of rotatable bonds is 1. The van der Waals surface area contributed by atoms with E-state index in [-0.39, 0.29) is 50.0 Å². The first-order valence-corrected chi connectivity index (χ1v) is 50.4. The van der Waals surface area contributed by atoms with Crippen molar-refractivity contribution in [3.05, 3.63) is 403 Å². The summed E-state index contributed by atoms with van der Waals surface area (Å²) in [6.45, 7) is 46.7. The lowest BCUT2D eigenvalue weighted by atomic mass is 9.26. The molecule has 16 heterocycles. The van der Waals surface area contributed by atoms with Gasteiger partial charge in [-0.25, -0.2) is 0 Å². The quantitative estimate of drug-likeness (QED) is 0.146. The predicted molar refractivity (Wildman–Crippen MR) is 584 cm³/mol. The average Bonchev–Trinajstić information content (AvgIpc) is 1.60. The summed E-state index contributed by atoms with van der Waals surface area (Å²) in [6.07, 6.45) is 0. The van der Waals surface area contributed by atoms with Gasteiger partial charge in [0.05, 0.1) is 27.6 Å². The van der Waals surface area contributed by atoms with Gasteiger partial charge in [0, 0.05) is 126 Å². The normalized spacial score (nSPS) is 17.4. The van der Waals surface area contributed by atoms with Crippen LogP contribution in [0.25, 0.3) is 121 Å². The third kappa shape index (κ3) is 9.11. The fourth-order valence-corrected chi connectivity index (χ4v) is 31.3. The van der Waals surface area contributed by atoms with E-state index in [2.05, 4.69) is 447 Å². The molecule has 0 fully saturated rings. The van der Waals surface area contributed by atoms with Gasteiger partial charge in [-0.2, -0.15) is 0 Å². The number of nitrogens with zero attached hydrogens (tertiary/aromatic N) is 4. The van der Waals surface area contributed by atoms with E-state index in [4.69, 9.17) is 0 Å². The van der Waals surface area contributed by atoms with Crippen molar-refractivity contribution in [2.24, 2.45) is 0 Å². The Labute approximate surface area is 803 Å². The predicted octanol–water partition coefficient (Wildman–Crippen LogP) is 22.2. The molecule has 4 nitrogen and oxygen atoms in total. The van der Waals surface area contributed by atoms with Crippen LogP contribution in [0.15, 0.2) is 297 Å². The van der Waals surface area contributed by atoms with E-state index in [0.29, 0.717) is 20.1 Å². The highest BCUT2D eigenvalue weighted by Crippen LogP contribution is 2.55. The number of fused-ring (bicyclic) bond motifs is 16. The summed E-state index contributed by atoms with van der Waals surface area (Å²) in [5.41, 5.74) is 65.2. The van der Waals surface area contributed by atoms with Crippen LogP contribution in [0.1, 0.15) is 216 Å². The summed E-state index contributed by atoms with van der Waals surface area (Å²) in [6, 6.07) is 114. The van der Waals surface area contributed by atoms with Gasteiger partial charge in [0.2, 0.25) is 26.9 Å². The molecule has 12 aliphatic heterocycles. The summed E-state index contributed by atoms with van der Waals surface area (Å²) in [7, 11) is 0. The summed E-state index contributed by atoms with van der Waals surface area (Å²) in [5, 5.41) is 11.1. The molecular weight excluding hydrogens is 1650 g/mol. The van der Waals surface area contributed by atoms with Crippen LogP contribution in [0, 0.1) is 20.8 Å². The van der Waals surface area contributed by atoms with Crippen LogP contribution in [0.3, 0.4) is 0 Å². The van der Waals surface area contributed by atoms with Crippen LogP contribution in [-0.4, -0.2) is 45.1 Å². The summed E-state index contributed by atoms with van der Waals surface area (Å²) < 4.78 is 10.4. The minimum absolute atomic E-state index is 0.0221. The number of benzene rings is 17. The largest absolute Gasteiger partial charge is 0.310 e. The molecule has 17 aromatic carbocycles. The van der Waals surface area contributed by atoms with Crippen LogP contribution in [0.5, 0.6) is 0 Å². The number of hydrogen-bond donors (Lipinski definition) is 0. The SMILES string of the molecule is CC1(C)c2cccc3c2B2c4c1cccc4C(C)(C)c1cc(-c4ccccc4)c4c5ccccc5n-3c4c12.Cc1ccc2c(c1)c1ccc3c4c1n2-c1cccc2c1B4c1c(cccc1C3(C)C)C2(C)C.Cc1ccc2c3ccc4c5c3n(c2c1)-c1cccc2c1B5c1c(cccc1C4(C)C)C2(C)C.Cc1cccc2c1c1ccc3c4c1n2-c1cccc2c1B4c1c(cccc1C3(C)C)C2(C)C. The van der Waals surface area contributed by atoms with Crippen molar-refractivity contribution in [3.63, 3.8) is 0 Å². The fourth-order valence-electron chi connectivity index (χ4n) is 31.3. The van der Waals surface area contributed by atoms with Crippen molar-refractivity contribution >= 4 is 180 Å². The zero-order valence-electron chi connectivity index (χ0n) is 81.9. The number of aryl methyl sites for hydroxylation is 3. The molecule has 137 heavy (non-hydrogen) atoms. The van der Waals surface area contributed by atoms with Gasteiger partial charge in [0.15, 0.2) is 0 Å². The van der Waals surface area contributed by atoms with E-state index in [9.17, 15) is 0 Å². The maximum absolute atomic E-state index is 2.61. The highest BCUT2D eigenvalue weighted by molar-refractivity contribution is 7.02. The van der Waals surface area contributed by atoms with Gasteiger partial charge in [-0.05, 0) is 236 Å². The summed E-state index contributed by atoms with van der Waals surface area (Å²) in [4.78, 5) is 0. The van der Waals surface area contributed by atoms with E-state index in [0.717, 1.165) is 0 Å². The lowest BCUT2D eigenvalue weighted by Crippen LogP contribution is -2.68. The van der Waals surface area contributed by atoms with E-state index in [1.54, 1.807) is 38.2 Å². The van der Waals surface area contributed by atoms with Crippen molar-refractivity contribution in [2.45, 2.75) is 175 Å². The highest BCUT2D eigenvalue weighted by atomic mass is 15.0. The highest BCUT2D eigenvalue weighted by Gasteiger charge is 2.58. The molecule has 0 unspecified atom stereocenters. The lowest BCUT2D eigenvalue weighted by molar-refractivity contribution is 0.621. The first-order chi connectivity index (χ1) is 65.9. The smallest absolute Gasteiger partial charge is 0.248 e. The zero-order valence-corrected chi connectivity index (χ0v) is 81.9. The van der Waals surface area contributed by atoms with E-state index < -0.39 is 0 Å². The van der Waals surface area contributed by atoms with Gasteiger partial charge >= 0.3 is 0 Å². The molecule has 0 atom stereocenters. The first kappa shape index (κ1) is 79.4. The molecule has 0 saturated carbocycles. The van der Waals surface area contributed by atoms with Gasteiger partial charge < -0.3 is 18.3 Å². The minimum Gasteiger partial charge on any atom is -0.310 e. The van der Waals surface area contributed by atoms with Crippen LogP contribution < -0.4 is 65.6 Å². The van der Waals surface area contributed by atoms with Gasteiger partial charge in [-0.3, -0.25) is 0 Å². The molecular formula is C129H106B4N4. The van der Waals surface area contributed by atoms with Crippen LogP contribution >= 0.6 is 0 Å². The Hall–Kier alpha value is -13.8. The molecule has 4 aromatic heterocycles. The Morgan fingerprint density at radius 3 is 0.920 bits per heavy atom. The molecule has 0 N–H and O–H groups in total. The molecule has 0 bridgehead atoms. The second kappa shape index (κ2) is 25.3. The Balaban J connectivity index is 0.0000000867. The summed E-state index contributed by atoms with van der Waals surface area (Å²) >= 11 is 0. The molecule has 0 aliphatic carbocycles. The Kier molecular flexibility index (Phi) is 14.7. The summed E-state index contributed by atoms with van der Waals surface area (Å²) in [5.74, 6) is 0. The molecule has 0 saturated heterocycles. The number of para-hydroxylation sites is 1. The lowest BCUT2D eigenvalue weighted by Gasteiger charge is -2.49. The topological polar surface area (TPSA) is 19.7 Å². The first-order valence-electron chi connectivity index (χ1n) is 50.4. The van der Waals surface area contributed by atoms with Crippen molar-refractivity contribution < 1.29 is 0 Å². The van der Waals surface area contributed by atoms with Crippen molar-refractivity contribution in [1.82, 2.24) is 18.3 Å². The van der Waals surface area contributed by atoms with Gasteiger partial charge in [0.1, 0.15) is 0 Å². The molecule has 0 amide bonds. The number of hydrogen-bond acceptors (Lipinski definition) is 0.